The van der Waals surface area contributed by atoms with Gasteiger partial charge in [0.1, 0.15) is 5.75 Å². The van der Waals surface area contributed by atoms with Crippen LogP contribution in [0.25, 0.3) is 0 Å². The van der Waals surface area contributed by atoms with Gasteiger partial charge in [-0.05, 0) is 43.4 Å². The highest BCUT2D eigenvalue weighted by Gasteiger charge is 2.21. The molecule has 1 aromatic carbocycles. The number of aryl methyl sites for hydroxylation is 1. The zero-order valence-electron chi connectivity index (χ0n) is 12.8. The number of hydrogen-bond donors (Lipinski definition) is 1. The smallest absolute Gasteiger partial charge is 0.222 e. The fraction of sp³-hybridized carbons (Fsp3) is 0.588. The number of carbonyl (C=O) groups excluding carboxylic acids is 1. The first kappa shape index (κ1) is 15.8. The fourth-order valence-corrected chi connectivity index (χ4v) is 2.56. The molecule has 0 bridgehead atoms. The molecule has 21 heavy (non-hydrogen) atoms. The van der Waals surface area contributed by atoms with Crippen LogP contribution in [0.2, 0.25) is 0 Å². The Bertz CT molecular complexity index is 444. The maximum atomic E-state index is 12.1. The number of piperidine rings is 1. The van der Waals surface area contributed by atoms with Crippen molar-refractivity contribution in [2.75, 3.05) is 19.7 Å². The molecule has 1 atom stereocenters. The lowest BCUT2D eigenvalue weighted by molar-refractivity contribution is -0.134. The van der Waals surface area contributed by atoms with Gasteiger partial charge >= 0.3 is 0 Å². The van der Waals surface area contributed by atoms with Crippen molar-refractivity contribution in [3.63, 3.8) is 0 Å². The van der Waals surface area contributed by atoms with E-state index in [-0.39, 0.29) is 12.0 Å². The van der Waals surface area contributed by atoms with E-state index >= 15 is 0 Å². The lowest BCUT2D eigenvalue weighted by Gasteiger charge is -2.30. The molecular formula is C17H25NO3. The molecule has 1 amide bonds. The minimum absolute atomic E-state index is 0.139. The van der Waals surface area contributed by atoms with Gasteiger partial charge in [-0.2, -0.15) is 0 Å². The second kappa shape index (κ2) is 8.03. The largest absolute Gasteiger partial charge is 0.494 e. The van der Waals surface area contributed by atoms with Crippen LogP contribution in [-0.2, 0) is 11.2 Å². The Morgan fingerprint density at radius 1 is 1.38 bits per heavy atom. The van der Waals surface area contributed by atoms with E-state index in [9.17, 15) is 9.90 Å². The second-order valence-corrected chi connectivity index (χ2v) is 5.63. The summed E-state index contributed by atoms with van der Waals surface area (Å²) in [7, 11) is 0. The number of ether oxygens (including phenoxy) is 1. The van der Waals surface area contributed by atoms with Gasteiger partial charge in [-0.1, -0.05) is 19.1 Å². The van der Waals surface area contributed by atoms with E-state index in [2.05, 4.69) is 6.92 Å². The maximum Gasteiger partial charge on any atom is 0.222 e. The Labute approximate surface area is 126 Å². The molecule has 1 aromatic rings. The van der Waals surface area contributed by atoms with Crippen molar-refractivity contribution < 1.29 is 14.6 Å². The van der Waals surface area contributed by atoms with Gasteiger partial charge in [0.25, 0.3) is 0 Å². The van der Waals surface area contributed by atoms with Crippen molar-refractivity contribution in [3.05, 3.63) is 29.8 Å². The standard InChI is InChI=1S/C17H25NO3/c1-2-12-21-16-8-5-14(6-9-16)7-10-17(20)18-11-3-4-15(19)13-18/h5-6,8-9,15,19H,2-4,7,10-13H2,1H3. The van der Waals surface area contributed by atoms with Crippen LogP contribution in [0.1, 0.15) is 38.2 Å². The van der Waals surface area contributed by atoms with E-state index in [4.69, 9.17) is 4.74 Å². The zero-order chi connectivity index (χ0) is 15.1. The molecule has 4 nitrogen and oxygen atoms in total. The normalized spacial score (nSPS) is 18.6. The Morgan fingerprint density at radius 3 is 2.81 bits per heavy atom. The predicted octanol–water partition coefficient (Wildman–Crippen LogP) is 2.39. The molecule has 116 valence electrons. The molecule has 1 unspecified atom stereocenters. The number of nitrogens with zero attached hydrogens (tertiary/aromatic N) is 1. The lowest BCUT2D eigenvalue weighted by Crippen LogP contribution is -2.42. The van der Waals surface area contributed by atoms with Crippen molar-refractivity contribution in [1.82, 2.24) is 4.90 Å². The van der Waals surface area contributed by atoms with Crippen molar-refractivity contribution in [3.8, 4) is 5.75 Å². The van der Waals surface area contributed by atoms with E-state index in [0.717, 1.165) is 50.1 Å². The van der Waals surface area contributed by atoms with Gasteiger partial charge in [0.05, 0.1) is 12.7 Å². The number of β-amino-alcohol motifs (C(OH)–C–C–N with tert-alkyl or cyclic N) is 1. The Balaban J connectivity index is 1.78. The first-order valence-electron chi connectivity index (χ1n) is 7.86. The zero-order valence-corrected chi connectivity index (χ0v) is 12.8. The molecule has 2 rings (SSSR count). The molecule has 0 radical (unpaired) electrons. The van der Waals surface area contributed by atoms with Crippen LogP contribution in [-0.4, -0.2) is 41.7 Å². The average molecular weight is 291 g/mol. The van der Waals surface area contributed by atoms with Gasteiger partial charge in [-0.3, -0.25) is 4.79 Å². The van der Waals surface area contributed by atoms with Gasteiger partial charge in [-0.25, -0.2) is 0 Å². The van der Waals surface area contributed by atoms with Crippen LogP contribution in [0.5, 0.6) is 5.75 Å². The first-order valence-corrected chi connectivity index (χ1v) is 7.86. The fourth-order valence-electron chi connectivity index (χ4n) is 2.56. The number of carbonyl (C=O) groups is 1. The van der Waals surface area contributed by atoms with Crippen LogP contribution < -0.4 is 4.74 Å². The number of hydrogen-bond acceptors (Lipinski definition) is 3. The van der Waals surface area contributed by atoms with Gasteiger partial charge in [0.2, 0.25) is 5.91 Å². The van der Waals surface area contributed by atoms with Crippen LogP contribution in [0.4, 0.5) is 0 Å². The number of aliphatic hydroxyl groups is 1. The van der Waals surface area contributed by atoms with Crippen LogP contribution in [0.3, 0.4) is 0 Å². The summed E-state index contributed by atoms with van der Waals surface area (Å²) in [6, 6.07) is 7.95. The highest BCUT2D eigenvalue weighted by molar-refractivity contribution is 5.76. The molecule has 1 aliphatic heterocycles. The molecule has 0 saturated carbocycles. The van der Waals surface area contributed by atoms with E-state index in [1.807, 2.05) is 24.3 Å². The van der Waals surface area contributed by atoms with E-state index < -0.39 is 0 Å². The van der Waals surface area contributed by atoms with E-state index in [1.165, 1.54) is 0 Å². The van der Waals surface area contributed by atoms with Gasteiger partial charge in [0.15, 0.2) is 0 Å². The quantitative estimate of drug-likeness (QED) is 0.875. The average Bonchev–Trinajstić information content (AvgIpc) is 2.51. The summed E-state index contributed by atoms with van der Waals surface area (Å²) >= 11 is 0. The molecule has 1 saturated heterocycles. The molecule has 1 heterocycles. The third-order valence-electron chi connectivity index (χ3n) is 3.77. The number of likely N-dealkylation sites (tertiary alicyclic amines) is 1. The van der Waals surface area contributed by atoms with Crippen LogP contribution in [0, 0.1) is 0 Å². The molecular weight excluding hydrogens is 266 g/mol. The number of benzene rings is 1. The summed E-state index contributed by atoms with van der Waals surface area (Å²) in [6.45, 7) is 4.08. The van der Waals surface area contributed by atoms with Crippen molar-refractivity contribution >= 4 is 5.91 Å². The topological polar surface area (TPSA) is 49.8 Å². The highest BCUT2D eigenvalue weighted by Crippen LogP contribution is 2.15. The number of rotatable bonds is 6. The van der Waals surface area contributed by atoms with Gasteiger partial charge in [-0.15, -0.1) is 0 Å². The minimum atomic E-state index is -0.349. The van der Waals surface area contributed by atoms with Crippen molar-refractivity contribution in [2.24, 2.45) is 0 Å². The summed E-state index contributed by atoms with van der Waals surface area (Å²) in [6.07, 6.45) is 3.59. The molecule has 1 N–H and O–H groups in total. The monoisotopic (exact) mass is 291 g/mol. The Hall–Kier alpha value is -1.55. The number of amides is 1. The molecule has 0 spiro atoms. The molecule has 0 aliphatic carbocycles. The maximum absolute atomic E-state index is 12.1. The minimum Gasteiger partial charge on any atom is -0.494 e. The molecule has 1 fully saturated rings. The predicted molar refractivity (Wildman–Crippen MR) is 82.4 cm³/mol. The van der Waals surface area contributed by atoms with Gasteiger partial charge < -0.3 is 14.7 Å². The summed E-state index contributed by atoms with van der Waals surface area (Å²) in [5.41, 5.74) is 1.14. The van der Waals surface area contributed by atoms with Gasteiger partial charge in [0, 0.05) is 19.5 Å². The summed E-state index contributed by atoms with van der Waals surface area (Å²) in [4.78, 5) is 13.9. The van der Waals surface area contributed by atoms with E-state index in [0.29, 0.717) is 13.0 Å². The lowest BCUT2D eigenvalue weighted by atomic mass is 10.1. The van der Waals surface area contributed by atoms with Crippen molar-refractivity contribution in [1.29, 1.82) is 0 Å². The number of aliphatic hydroxyl groups excluding tert-OH is 1. The summed E-state index contributed by atoms with van der Waals surface area (Å²) in [5.74, 6) is 1.02. The molecule has 1 aliphatic rings. The molecule has 0 aromatic heterocycles. The SMILES string of the molecule is CCCOc1ccc(CCC(=O)N2CCCC(O)C2)cc1. The molecule has 4 heteroatoms. The second-order valence-electron chi connectivity index (χ2n) is 5.63. The Morgan fingerprint density at radius 2 is 2.14 bits per heavy atom. The highest BCUT2D eigenvalue weighted by atomic mass is 16.5. The van der Waals surface area contributed by atoms with Crippen LogP contribution in [0.15, 0.2) is 24.3 Å². The van der Waals surface area contributed by atoms with Crippen LogP contribution >= 0.6 is 0 Å². The van der Waals surface area contributed by atoms with Crippen molar-refractivity contribution in [2.45, 2.75) is 45.1 Å². The third kappa shape index (κ3) is 5.05. The third-order valence-corrected chi connectivity index (χ3v) is 3.77. The summed E-state index contributed by atoms with van der Waals surface area (Å²) < 4.78 is 5.54. The summed E-state index contributed by atoms with van der Waals surface area (Å²) in [5, 5.41) is 9.61. The Kier molecular flexibility index (Phi) is 6.05. The first-order chi connectivity index (χ1) is 10.2. The van der Waals surface area contributed by atoms with E-state index in [1.54, 1.807) is 4.90 Å².